The molecule has 1 amide bonds. The minimum absolute atomic E-state index is 0.220. The number of thioether (sulfide) groups is 1. The molecule has 0 aliphatic heterocycles. The highest BCUT2D eigenvalue weighted by molar-refractivity contribution is 7.98. The Bertz CT molecular complexity index is 1260. The largest absolute Gasteiger partial charge is 0.497 e. The van der Waals surface area contributed by atoms with E-state index in [4.69, 9.17) is 16.3 Å². The van der Waals surface area contributed by atoms with Crippen molar-refractivity contribution in [3.63, 3.8) is 0 Å². The van der Waals surface area contributed by atoms with Crippen molar-refractivity contribution < 1.29 is 9.53 Å². The molecule has 0 bridgehead atoms. The van der Waals surface area contributed by atoms with Crippen LogP contribution < -0.4 is 10.1 Å². The number of hydrogen-bond acceptors (Lipinski definition) is 7. The minimum atomic E-state index is -0.364. The molecule has 168 valence electrons. The molecule has 0 radical (unpaired) electrons. The van der Waals surface area contributed by atoms with Crippen LogP contribution in [-0.2, 0) is 5.75 Å². The zero-order chi connectivity index (χ0) is 23.4. The van der Waals surface area contributed by atoms with Crippen LogP contribution in [-0.4, -0.2) is 38.0 Å². The molecule has 0 unspecified atom stereocenters. The second-order valence-electron chi connectivity index (χ2n) is 7.18. The number of aromatic nitrogens is 5. The molecule has 0 saturated heterocycles. The summed E-state index contributed by atoms with van der Waals surface area (Å²) in [5.74, 6) is 0.730. The van der Waals surface area contributed by atoms with Crippen molar-refractivity contribution in [2.75, 3.05) is 12.4 Å². The molecule has 33 heavy (non-hydrogen) atoms. The first-order chi connectivity index (χ1) is 15.9. The lowest BCUT2D eigenvalue weighted by Crippen LogP contribution is -2.15. The van der Waals surface area contributed by atoms with Gasteiger partial charge in [0, 0.05) is 27.9 Å². The topological polar surface area (TPSA) is 94.8 Å². The number of ether oxygens (including phenoxy) is 1. The fourth-order valence-corrected chi connectivity index (χ4v) is 4.22. The van der Waals surface area contributed by atoms with Crippen molar-refractivity contribution in [3.8, 4) is 11.4 Å². The van der Waals surface area contributed by atoms with Crippen LogP contribution in [0.25, 0.3) is 5.69 Å². The number of carbonyl (C=O) groups excluding carboxylic acids is 1. The van der Waals surface area contributed by atoms with Gasteiger partial charge in [0.1, 0.15) is 5.75 Å². The van der Waals surface area contributed by atoms with E-state index in [-0.39, 0.29) is 11.6 Å². The van der Waals surface area contributed by atoms with E-state index in [0.717, 1.165) is 17.1 Å². The van der Waals surface area contributed by atoms with Crippen LogP contribution in [0.15, 0.2) is 59.8 Å². The number of nitrogens with one attached hydrogen (secondary N) is 1. The number of nitrogens with zero attached hydrogens (tertiary/aromatic N) is 5. The van der Waals surface area contributed by atoms with Gasteiger partial charge in [0.05, 0.1) is 18.5 Å². The summed E-state index contributed by atoms with van der Waals surface area (Å²) in [4.78, 5) is 22.0. The Labute approximate surface area is 200 Å². The lowest BCUT2D eigenvalue weighted by Gasteiger charge is -2.09. The summed E-state index contributed by atoms with van der Waals surface area (Å²) in [5.41, 5.74) is 3.97. The first kappa shape index (κ1) is 22.8. The van der Waals surface area contributed by atoms with E-state index in [1.54, 1.807) is 48.2 Å². The van der Waals surface area contributed by atoms with E-state index in [1.807, 2.05) is 32.0 Å². The summed E-state index contributed by atoms with van der Waals surface area (Å²) >= 11 is 7.45. The molecule has 4 aromatic rings. The molecular weight excluding hydrogens is 460 g/mol. The molecule has 2 aromatic carbocycles. The third-order valence-electron chi connectivity index (χ3n) is 4.70. The van der Waals surface area contributed by atoms with Crippen molar-refractivity contribution >= 4 is 35.0 Å². The number of amides is 1. The molecule has 0 saturated carbocycles. The lowest BCUT2D eigenvalue weighted by molar-refractivity contribution is 0.102. The number of benzene rings is 2. The van der Waals surface area contributed by atoms with Gasteiger partial charge in [0.15, 0.2) is 10.9 Å². The fourth-order valence-electron chi connectivity index (χ4n) is 3.15. The van der Waals surface area contributed by atoms with E-state index in [1.165, 1.54) is 11.8 Å². The third kappa shape index (κ3) is 5.50. The number of hydrogen-bond donors (Lipinski definition) is 1. The van der Waals surface area contributed by atoms with Gasteiger partial charge in [-0.05, 0) is 68.4 Å². The monoisotopic (exact) mass is 480 g/mol. The highest BCUT2D eigenvalue weighted by atomic mass is 35.5. The van der Waals surface area contributed by atoms with Gasteiger partial charge in [-0.2, -0.15) is 0 Å². The summed E-state index contributed by atoms with van der Waals surface area (Å²) in [7, 11) is 1.59. The van der Waals surface area contributed by atoms with Crippen molar-refractivity contribution in [3.05, 3.63) is 82.4 Å². The van der Waals surface area contributed by atoms with E-state index < -0.39 is 0 Å². The smallest absolute Gasteiger partial charge is 0.278 e. The number of anilines is 1. The van der Waals surface area contributed by atoms with Gasteiger partial charge in [-0.1, -0.05) is 28.6 Å². The van der Waals surface area contributed by atoms with Crippen LogP contribution in [0.2, 0.25) is 5.02 Å². The van der Waals surface area contributed by atoms with Gasteiger partial charge in [0.2, 0.25) is 0 Å². The van der Waals surface area contributed by atoms with Gasteiger partial charge in [-0.15, -0.1) is 5.10 Å². The lowest BCUT2D eigenvalue weighted by atomic mass is 10.2. The molecule has 0 fully saturated rings. The van der Waals surface area contributed by atoms with E-state index in [2.05, 4.69) is 25.6 Å². The number of rotatable bonds is 7. The average Bonchev–Trinajstić information content (AvgIpc) is 3.22. The second kappa shape index (κ2) is 10.0. The highest BCUT2D eigenvalue weighted by Crippen LogP contribution is 2.25. The van der Waals surface area contributed by atoms with Crippen LogP contribution in [0.4, 0.5) is 5.69 Å². The van der Waals surface area contributed by atoms with Crippen LogP contribution in [0.5, 0.6) is 5.75 Å². The quantitative estimate of drug-likeness (QED) is 0.297. The Hall–Kier alpha value is -3.43. The fraction of sp³-hybridized carbons (Fsp3) is 0.174. The summed E-state index contributed by atoms with van der Waals surface area (Å²) < 4.78 is 6.80. The summed E-state index contributed by atoms with van der Waals surface area (Å²) in [5, 5.41) is 12.5. The number of halogens is 1. The van der Waals surface area contributed by atoms with Gasteiger partial charge in [-0.3, -0.25) is 4.79 Å². The normalized spacial score (nSPS) is 10.8. The second-order valence-corrected chi connectivity index (χ2v) is 8.56. The Balaban J connectivity index is 1.65. The molecule has 4 rings (SSSR count). The first-order valence-corrected chi connectivity index (χ1v) is 11.4. The number of methoxy groups -OCH3 is 1. The van der Waals surface area contributed by atoms with Gasteiger partial charge < -0.3 is 10.1 Å². The SMILES string of the molecule is COc1ccc(NC(=O)c2nnn(-c3ccc(Cl)cc3)c2CSc2nc(C)cc(C)n2)cc1. The van der Waals surface area contributed by atoms with Crippen LogP contribution in [0, 0.1) is 13.8 Å². The zero-order valence-corrected chi connectivity index (χ0v) is 19.8. The van der Waals surface area contributed by atoms with E-state index >= 15 is 0 Å². The van der Waals surface area contributed by atoms with Crippen molar-refractivity contribution in [2.45, 2.75) is 24.8 Å². The Morgan fingerprint density at radius 3 is 2.36 bits per heavy atom. The molecule has 10 heteroatoms. The highest BCUT2D eigenvalue weighted by Gasteiger charge is 2.22. The molecule has 8 nitrogen and oxygen atoms in total. The van der Waals surface area contributed by atoms with Crippen molar-refractivity contribution in [1.29, 1.82) is 0 Å². The predicted molar refractivity (Wildman–Crippen MR) is 128 cm³/mol. The third-order valence-corrected chi connectivity index (χ3v) is 5.81. The van der Waals surface area contributed by atoms with Crippen LogP contribution >= 0.6 is 23.4 Å². The minimum Gasteiger partial charge on any atom is -0.497 e. The van der Waals surface area contributed by atoms with E-state index in [9.17, 15) is 4.79 Å². The Kier molecular flexibility index (Phi) is 6.90. The molecule has 0 aliphatic carbocycles. The summed E-state index contributed by atoms with van der Waals surface area (Å²) in [6.45, 7) is 3.85. The maximum absolute atomic E-state index is 13.1. The average molecular weight is 481 g/mol. The first-order valence-electron chi connectivity index (χ1n) is 10.0. The van der Waals surface area contributed by atoms with Gasteiger partial charge in [0.25, 0.3) is 5.91 Å². The Morgan fingerprint density at radius 2 is 1.73 bits per heavy atom. The molecule has 2 aromatic heterocycles. The number of aryl methyl sites for hydroxylation is 2. The molecule has 1 N–H and O–H groups in total. The van der Waals surface area contributed by atoms with Crippen molar-refractivity contribution in [2.24, 2.45) is 0 Å². The maximum Gasteiger partial charge on any atom is 0.278 e. The van der Waals surface area contributed by atoms with E-state index in [0.29, 0.717) is 33.1 Å². The maximum atomic E-state index is 13.1. The van der Waals surface area contributed by atoms with Crippen molar-refractivity contribution in [1.82, 2.24) is 25.0 Å². The molecule has 0 aliphatic rings. The summed E-state index contributed by atoms with van der Waals surface area (Å²) in [6.07, 6.45) is 0. The summed E-state index contributed by atoms with van der Waals surface area (Å²) in [6, 6.07) is 16.2. The predicted octanol–water partition coefficient (Wildman–Crippen LogP) is 4.88. The zero-order valence-electron chi connectivity index (χ0n) is 18.2. The van der Waals surface area contributed by atoms with Crippen LogP contribution in [0.3, 0.4) is 0 Å². The number of carbonyl (C=O) groups is 1. The van der Waals surface area contributed by atoms with Gasteiger partial charge >= 0.3 is 0 Å². The molecule has 0 spiro atoms. The van der Waals surface area contributed by atoms with Crippen LogP contribution in [0.1, 0.15) is 27.6 Å². The standard InChI is InChI=1S/C23H21ClN6O2S/c1-14-12-15(2)26-23(25-14)33-13-20-21(22(31)27-17-6-10-19(32-3)11-7-17)28-29-30(20)18-8-4-16(24)5-9-18/h4-12H,13H2,1-3H3,(H,27,31). The molecular formula is C23H21ClN6O2S. The molecule has 2 heterocycles. The van der Waals surface area contributed by atoms with Gasteiger partial charge in [-0.25, -0.2) is 14.6 Å². The molecule has 0 atom stereocenters. The Morgan fingerprint density at radius 1 is 1.06 bits per heavy atom.